The number of anilines is 1. The summed E-state index contributed by atoms with van der Waals surface area (Å²) in [4.78, 5) is 37.1. The van der Waals surface area contributed by atoms with Crippen LogP contribution in [-0.2, 0) is 11.8 Å². The van der Waals surface area contributed by atoms with E-state index in [0.717, 1.165) is 5.39 Å². The highest BCUT2D eigenvalue weighted by molar-refractivity contribution is 5.94. The molecule has 2 aromatic heterocycles. The number of benzene rings is 2. The third kappa shape index (κ3) is 3.87. The highest BCUT2D eigenvalue weighted by Crippen LogP contribution is 2.21. The number of hydrogen-bond donors (Lipinski definition) is 1. The van der Waals surface area contributed by atoms with Crippen molar-refractivity contribution >= 4 is 22.6 Å². The second-order valence-electron chi connectivity index (χ2n) is 7.14. The van der Waals surface area contributed by atoms with Crippen LogP contribution in [0, 0.1) is 6.92 Å². The van der Waals surface area contributed by atoms with E-state index in [1.54, 1.807) is 49.8 Å². The Morgan fingerprint density at radius 3 is 2.52 bits per heavy atom. The molecule has 0 aliphatic carbocycles. The largest absolute Gasteiger partial charge is 0.481 e. The van der Waals surface area contributed by atoms with Crippen LogP contribution in [0.25, 0.3) is 16.7 Å². The monoisotopic (exact) mass is 419 g/mol. The van der Waals surface area contributed by atoms with E-state index in [0.29, 0.717) is 22.7 Å². The summed E-state index contributed by atoms with van der Waals surface area (Å²) >= 11 is 0. The maximum absolute atomic E-state index is 13.0. The van der Waals surface area contributed by atoms with Crippen LogP contribution >= 0.6 is 0 Å². The van der Waals surface area contributed by atoms with Crippen molar-refractivity contribution in [2.24, 2.45) is 7.05 Å². The molecule has 8 heteroatoms. The minimum Gasteiger partial charge on any atom is -0.481 e. The summed E-state index contributed by atoms with van der Waals surface area (Å²) < 4.78 is 14.0. The number of rotatable bonds is 5. The fraction of sp³-hybridized carbons (Fsp3) is 0.174. The van der Waals surface area contributed by atoms with Gasteiger partial charge < -0.3 is 14.5 Å². The average molecular weight is 419 g/mol. The van der Waals surface area contributed by atoms with Gasteiger partial charge in [-0.25, -0.2) is 9.48 Å². The Balaban J connectivity index is 1.56. The van der Waals surface area contributed by atoms with Crippen molar-refractivity contribution in [1.29, 1.82) is 0 Å². The zero-order valence-corrected chi connectivity index (χ0v) is 17.3. The quantitative estimate of drug-likeness (QED) is 0.502. The van der Waals surface area contributed by atoms with Crippen molar-refractivity contribution in [3.8, 4) is 11.4 Å². The highest BCUT2D eigenvalue weighted by Gasteiger charge is 2.22. The molecule has 2 heterocycles. The lowest BCUT2D eigenvalue weighted by molar-refractivity contribution is -0.122. The number of amides is 1. The Morgan fingerprint density at radius 1 is 1.06 bits per heavy atom. The fourth-order valence-electron chi connectivity index (χ4n) is 3.31. The summed E-state index contributed by atoms with van der Waals surface area (Å²) in [5.41, 5.74) is 1.06. The standard InChI is InChI=1S/C23H21N3O5/c1-14-21(23(29)26(25(14)3)17-7-5-4-6-8-17)24-22(28)15(2)30-18-11-9-16-10-12-20(27)31-19(16)13-18/h4-13,15H,1-3H3,(H,24,28). The SMILES string of the molecule is Cc1c(NC(=O)C(C)Oc2ccc3ccc(=O)oc3c2)c(=O)n(-c2ccccc2)n1C. The third-order valence-electron chi connectivity index (χ3n) is 5.08. The van der Waals surface area contributed by atoms with E-state index >= 15 is 0 Å². The lowest BCUT2D eigenvalue weighted by Gasteiger charge is -2.14. The lowest BCUT2D eigenvalue weighted by atomic mass is 10.2. The molecule has 1 N–H and O–H groups in total. The Labute approximate surface area is 177 Å². The van der Waals surface area contributed by atoms with Crippen molar-refractivity contribution in [2.45, 2.75) is 20.0 Å². The molecule has 1 unspecified atom stereocenters. The van der Waals surface area contributed by atoms with Crippen LogP contribution in [0.5, 0.6) is 5.75 Å². The van der Waals surface area contributed by atoms with Gasteiger partial charge in [0, 0.05) is 24.6 Å². The summed E-state index contributed by atoms with van der Waals surface area (Å²) in [5, 5.41) is 3.43. The van der Waals surface area contributed by atoms with Gasteiger partial charge in [0.05, 0.1) is 11.4 Å². The maximum atomic E-state index is 13.0. The van der Waals surface area contributed by atoms with Gasteiger partial charge in [0.15, 0.2) is 6.10 Å². The molecule has 0 saturated heterocycles. The smallest absolute Gasteiger partial charge is 0.336 e. The van der Waals surface area contributed by atoms with Crippen LogP contribution in [0.2, 0.25) is 0 Å². The molecule has 0 radical (unpaired) electrons. The van der Waals surface area contributed by atoms with Gasteiger partial charge in [-0.15, -0.1) is 0 Å². The van der Waals surface area contributed by atoms with Crippen molar-refractivity contribution in [2.75, 3.05) is 5.32 Å². The molecule has 0 saturated carbocycles. The predicted molar refractivity (Wildman–Crippen MR) is 117 cm³/mol. The first-order chi connectivity index (χ1) is 14.8. The van der Waals surface area contributed by atoms with Gasteiger partial charge in [-0.05, 0) is 44.2 Å². The Kier molecular flexibility index (Phi) is 5.21. The van der Waals surface area contributed by atoms with Crippen molar-refractivity contribution in [1.82, 2.24) is 9.36 Å². The number of para-hydroxylation sites is 1. The third-order valence-corrected chi connectivity index (χ3v) is 5.08. The minimum absolute atomic E-state index is 0.191. The van der Waals surface area contributed by atoms with Gasteiger partial charge in [0.25, 0.3) is 11.5 Å². The van der Waals surface area contributed by atoms with E-state index in [2.05, 4.69) is 5.32 Å². The molecule has 31 heavy (non-hydrogen) atoms. The van der Waals surface area contributed by atoms with Gasteiger partial charge in [-0.2, -0.15) is 0 Å². The van der Waals surface area contributed by atoms with Gasteiger partial charge >= 0.3 is 5.63 Å². The number of fused-ring (bicyclic) bond motifs is 1. The van der Waals surface area contributed by atoms with Crippen molar-refractivity contribution < 1.29 is 13.9 Å². The molecular formula is C23H21N3O5. The van der Waals surface area contributed by atoms with Crippen LogP contribution in [0.4, 0.5) is 5.69 Å². The minimum atomic E-state index is -0.892. The second kappa shape index (κ2) is 7.98. The maximum Gasteiger partial charge on any atom is 0.336 e. The summed E-state index contributed by atoms with van der Waals surface area (Å²) in [5.74, 6) is -0.100. The van der Waals surface area contributed by atoms with E-state index in [9.17, 15) is 14.4 Å². The van der Waals surface area contributed by atoms with Crippen molar-refractivity contribution in [3.05, 3.63) is 87.1 Å². The number of ether oxygens (including phenoxy) is 1. The van der Waals surface area contributed by atoms with Crippen LogP contribution in [0.3, 0.4) is 0 Å². The summed E-state index contributed by atoms with van der Waals surface area (Å²) in [6.07, 6.45) is -0.892. The van der Waals surface area contributed by atoms with Gasteiger partial charge in [0.2, 0.25) is 0 Å². The number of carbonyl (C=O) groups is 1. The Morgan fingerprint density at radius 2 is 1.77 bits per heavy atom. The molecule has 0 spiro atoms. The molecular weight excluding hydrogens is 398 g/mol. The fourth-order valence-corrected chi connectivity index (χ4v) is 3.31. The number of nitrogens with one attached hydrogen (secondary N) is 1. The Bertz CT molecular complexity index is 1380. The summed E-state index contributed by atoms with van der Waals surface area (Å²) in [6.45, 7) is 3.34. The number of nitrogens with zero attached hydrogens (tertiary/aromatic N) is 2. The molecule has 4 rings (SSSR count). The normalized spacial score (nSPS) is 12.0. The lowest BCUT2D eigenvalue weighted by Crippen LogP contribution is -2.32. The summed E-state index contributed by atoms with van der Waals surface area (Å²) in [7, 11) is 1.75. The molecule has 0 aliphatic rings. The first kappa shape index (κ1) is 20.2. The van der Waals surface area contributed by atoms with Gasteiger partial charge in [-0.3, -0.25) is 14.3 Å². The predicted octanol–water partition coefficient (Wildman–Crippen LogP) is 3.00. The van der Waals surface area contributed by atoms with Crippen LogP contribution < -0.4 is 21.2 Å². The number of hydrogen-bond acceptors (Lipinski definition) is 5. The number of carbonyl (C=O) groups excluding carboxylic acids is 1. The van der Waals surface area contributed by atoms with Crippen LogP contribution in [0.1, 0.15) is 12.6 Å². The van der Waals surface area contributed by atoms with E-state index in [1.165, 1.54) is 10.7 Å². The molecule has 0 fully saturated rings. The molecule has 1 amide bonds. The molecule has 8 nitrogen and oxygen atoms in total. The van der Waals surface area contributed by atoms with E-state index in [4.69, 9.17) is 9.15 Å². The van der Waals surface area contributed by atoms with Gasteiger partial charge in [0.1, 0.15) is 17.0 Å². The first-order valence-electron chi connectivity index (χ1n) is 9.70. The molecule has 0 aliphatic heterocycles. The van der Waals surface area contributed by atoms with Crippen molar-refractivity contribution in [3.63, 3.8) is 0 Å². The molecule has 1 atom stereocenters. The highest BCUT2D eigenvalue weighted by atomic mass is 16.5. The van der Waals surface area contributed by atoms with E-state index in [-0.39, 0.29) is 11.2 Å². The topological polar surface area (TPSA) is 95.5 Å². The van der Waals surface area contributed by atoms with Gasteiger partial charge in [-0.1, -0.05) is 18.2 Å². The first-order valence-corrected chi connectivity index (χ1v) is 9.70. The zero-order valence-electron chi connectivity index (χ0n) is 17.3. The molecule has 0 bridgehead atoms. The van der Waals surface area contributed by atoms with E-state index < -0.39 is 17.6 Å². The molecule has 2 aromatic carbocycles. The van der Waals surface area contributed by atoms with E-state index in [1.807, 2.05) is 30.3 Å². The zero-order chi connectivity index (χ0) is 22.1. The summed E-state index contributed by atoms with van der Waals surface area (Å²) in [6, 6.07) is 17.1. The Hall–Kier alpha value is -4.07. The molecule has 4 aromatic rings. The molecule has 158 valence electrons. The average Bonchev–Trinajstić information content (AvgIpc) is 2.97. The van der Waals surface area contributed by atoms with Crippen LogP contribution in [0.15, 0.2) is 74.7 Å². The van der Waals surface area contributed by atoms with Crippen LogP contribution in [-0.4, -0.2) is 21.4 Å². The number of aromatic nitrogens is 2. The second-order valence-corrected chi connectivity index (χ2v) is 7.14.